The zero-order valence-electron chi connectivity index (χ0n) is 5.83. The summed E-state index contributed by atoms with van der Waals surface area (Å²) in [5, 5.41) is 5.27. The van der Waals surface area contributed by atoms with E-state index in [2.05, 4.69) is 4.98 Å². The van der Waals surface area contributed by atoms with Crippen molar-refractivity contribution < 1.29 is 5.41 Å². The molecule has 0 aliphatic heterocycles. The third-order valence-electron chi connectivity index (χ3n) is 1.27. The smallest absolute Gasteiger partial charge is 0.171 e. The summed E-state index contributed by atoms with van der Waals surface area (Å²) >= 11 is 0. The van der Waals surface area contributed by atoms with Crippen molar-refractivity contribution in [2.24, 2.45) is 0 Å². The van der Waals surface area contributed by atoms with Crippen molar-refractivity contribution in [2.75, 3.05) is 5.73 Å². The van der Waals surface area contributed by atoms with Gasteiger partial charge in [0.25, 0.3) is 0 Å². The number of rotatable bonds is 1. The second-order valence-corrected chi connectivity index (χ2v) is 2.15. The Morgan fingerprint density at radius 1 is 1.70 bits per heavy atom. The molecule has 0 aliphatic rings. The Morgan fingerprint density at radius 3 is 2.90 bits per heavy atom. The SMILES string of the molecule is Cc1cnc(N)c(C=[NH2+])c1. The van der Waals surface area contributed by atoms with E-state index in [0.29, 0.717) is 5.82 Å². The number of pyridine rings is 1. The summed E-state index contributed by atoms with van der Waals surface area (Å²) < 4.78 is 0. The number of nitrogens with two attached hydrogens (primary N) is 2. The summed E-state index contributed by atoms with van der Waals surface area (Å²) in [6.45, 7) is 1.94. The van der Waals surface area contributed by atoms with Gasteiger partial charge in [-0.05, 0) is 18.6 Å². The molecule has 0 atom stereocenters. The van der Waals surface area contributed by atoms with Crippen molar-refractivity contribution in [3.63, 3.8) is 0 Å². The molecule has 1 aromatic heterocycles. The van der Waals surface area contributed by atoms with Crippen LogP contribution in [0.2, 0.25) is 0 Å². The van der Waals surface area contributed by atoms with Crippen molar-refractivity contribution >= 4 is 12.0 Å². The minimum Gasteiger partial charge on any atom is -0.383 e. The lowest BCUT2D eigenvalue weighted by atomic mass is 10.2. The third kappa shape index (κ3) is 1.13. The van der Waals surface area contributed by atoms with Crippen LogP contribution in [-0.2, 0) is 0 Å². The zero-order chi connectivity index (χ0) is 7.56. The molecule has 0 fully saturated rings. The van der Waals surface area contributed by atoms with Crippen LogP contribution in [-0.4, -0.2) is 11.2 Å². The number of aromatic nitrogens is 1. The van der Waals surface area contributed by atoms with Crippen molar-refractivity contribution in [2.45, 2.75) is 6.92 Å². The van der Waals surface area contributed by atoms with Gasteiger partial charge in [0.15, 0.2) is 6.21 Å². The summed E-state index contributed by atoms with van der Waals surface area (Å²) in [6, 6.07) is 1.89. The molecule has 0 spiro atoms. The first-order valence-corrected chi connectivity index (χ1v) is 3.01. The predicted molar refractivity (Wildman–Crippen MR) is 40.5 cm³/mol. The fourth-order valence-corrected chi connectivity index (χ4v) is 0.736. The molecule has 0 aromatic carbocycles. The van der Waals surface area contributed by atoms with Crippen LogP contribution in [0.1, 0.15) is 11.1 Å². The molecule has 1 rings (SSSR count). The predicted octanol–water partition coefficient (Wildman–Crippen LogP) is -0.850. The van der Waals surface area contributed by atoms with E-state index in [1.165, 1.54) is 6.21 Å². The van der Waals surface area contributed by atoms with Gasteiger partial charge in [-0.2, -0.15) is 0 Å². The molecule has 3 nitrogen and oxygen atoms in total. The highest BCUT2D eigenvalue weighted by molar-refractivity contribution is 5.81. The van der Waals surface area contributed by atoms with E-state index in [-0.39, 0.29) is 0 Å². The molecule has 1 heterocycles. The molecule has 1 aromatic rings. The Labute approximate surface area is 59.4 Å². The van der Waals surface area contributed by atoms with Crippen LogP contribution in [0.25, 0.3) is 0 Å². The Hall–Kier alpha value is -1.38. The summed E-state index contributed by atoms with van der Waals surface area (Å²) in [7, 11) is 0. The highest BCUT2D eigenvalue weighted by Crippen LogP contribution is 2.05. The monoisotopic (exact) mass is 136 g/mol. The Morgan fingerprint density at radius 2 is 2.40 bits per heavy atom. The maximum absolute atomic E-state index is 5.48. The molecule has 0 amide bonds. The number of hydrogen-bond acceptors (Lipinski definition) is 2. The van der Waals surface area contributed by atoms with Gasteiger partial charge in [-0.3, -0.25) is 5.41 Å². The Balaban J connectivity index is 3.21. The van der Waals surface area contributed by atoms with Crippen molar-refractivity contribution in [1.29, 1.82) is 0 Å². The van der Waals surface area contributed by atoms with Crippen molar-refractivity contribution in [3.8, 4) is 0 Å². The number of nitrogens with zero attached hydrogens (tertiary/aromatic N) is 1. The molecular weight excluding hydrogens is 126 g/mol. The van der Waals surface area contributed by atoms with E-state index >= 15 is 0 Å². The third-order valence-corrected chi connectivity index (χ3v) is 1.27. The van der Waals surface area contributed by atoms with Gasteiger partial charge in [-0.25, -0.2) is 4.98 Å². The standard InChI is InChI=1S/C7H9N3/c1-5-2-6(3-8)7(9)10-4-5/h2-4,8H,1H3,(H2,9,10)/p+1. The summed E-state index contributed by atoms with van der Waals surface area (Å²) in [6.07, 6.45) is 3.16. The topological polar surface area (TPSA) is 64.5 Å². The van der Waals surface area contributed by atoms with Crippen LogP contribution < -0.4 is 11.1 Å². The molecule has 0 aliphatic carbocycles. The van der Waals surface area contributed by atoms with Crippen LogP contribution in [0.3, 0.4) is 0 Å². The van der Waals surface area contributed by atoms with E-state index < -0.39 is 0 Å². The van der Waals surface area contributed by atoms with Gasteiger partial charge >= 0.3 is 0 Å². The van der Waals surface area contributed by atoms with Crippen LogP contribution in [0.15, 0.2) is 12.3 Å². The first kappa shape index (κ1) is 6.74. The fraction of sp³-hybridized carbons (Fsp3) is 0.143. The summed E-state index contributed by atoms with van der Waals surface area (Å²) in [5.74, 6) is 0.480. The lowest BCUT2D eigenvalue weighted by Gasteiger charge is -1.95. The molecule has 10 heavy (non-hydrogen) atoms. The highest BCUT2D eigenvalue weighted by Gasteiger charge is 1.97. The van der Waals surface area contributed by atoms with E-state index in [4.69, 9.17) is 11.1 Å². The zero-order valence-corrected chi connectivity index (χ0v) is 5.83. The number of nitrogen functional groups attached to an aromatic ring is 1. The maximum atomic E-state index is 5.48. The highest BCUT2D eigenvalue weighted by atomic mass is 14.8. The van der Waals surface area contributed by atoms with Gasteiger partial charge in [0.2, 0.25) is 0 Å². The Kier molecular flexibility index (Phi) is 1.67. The number of aryl methyl sites for hydroxylation is 1. The fourth-order valence-electron chi connectivity index (χ4n) is 0.736. The first-order chi connectivity index (χ1) is 4.74. The van der Waals surface area contributed by atoms with Gasteiger partial charge in [0, 0.05) is 6.20 Å². The van der Waals surface area contributed by atoms with Gasteiger partial charge in [-0.1, -0.05) is 0 Å². The Bertz CT molecular complexity index is 255. The normalized spacial score (nSPS) is 9.30. The maximum Gasteiger partial charge on any atom is 0.171 e. The van der Waals surface area contributed by atoms with Crippen LogP contribution in [0.5, 0.6) is 0 Å². The summed E-state index contributed by atoms with van der Waals surface area (Å²) in [5.41, 5.74) is 7.33. The number of hydrogen-bond donors (Lipinski definition) is 2. The molecule has 0 bridgehead atoms. The quantitative estimate of drug-likeness (QED) is 0.494. The van der Waals surface area contributed by atoms with Gasteiger partial charge in [0.05, 0.1) is 5.56 Å². The molecule has 4 N–H and O–H groups in total. The molecule has 52 valence electrons. The van der Waals surface area contributed by atoms with Crippen molar-refractivity contribution in [1.82, 2.24) is 4.98 Å². The minimum absolute atomic E-state index is 0.480. The van der Waals surface area contributed by atoms with Crippen LogP contribution in [0, 0.1) is 6.92 Å². The molecule has 0 saturated heterocycles. The van der Waals surface area contributed by atoms with E-state index in [1.54, 1.807) is 6.20 Å². The average molecular weight is 136 g/mol. The average Bonchev–Trinajstić information content (AvgIpc) is 1.94. The second-order valence-electron chi connectivity index (χ2n) is 2.15. The molecular formula is C7H10N3+. The largest absolute Gasteiger partial charge is 0.383 e. The lowest BCUT2D eigenvalue weighted by Crippen LogP contribution is -2.30. The van der Waals surface area contributed by atoms with Crippen molar-refractivity contribution in [3.05, 3.63) is 23.4 Å². The van der Waals surface area contributed by atoms with Gasteiger partial charge < -0.3 is 5.73 Å². The molecule has 0 unspecified atom stereocenters. The van der Waals surface area contributed by atoms with E-state index in [0.717, 1.165) is 11.1 Å². The van der Waals surface area contributed by atoms with Gasteiger partial charge in [-0.15, -0.1) is 0 Å². The van der Waals surface area contributed by atoms with E-state index in [1.807, 2.05) is 13.0 Å². The van der Waals surface area contributed by atoms with Crippen LogP contribution >= 0.6 is 0 Å². The molecule has 0 radical (unpaired) electrons. The minimum atomic E-state index is 0.480. The molecule has 3 heteroatoms. The van der Waals surface area contributed by atoms with Crippen LogP contribution in [0.4, 0.5) is 5.82 Å². The second kappa shape index (κ2) is 2.47. The number of anilines is 1. The first-order valence-electron chi connectivity index (χ1n) is 3.01. The lowest BCUT2D eigenvalue weighted by molar-refractivity contribution is -0.104. The van der Waals surface area contributed by atoms with Gasteiger partial charge in [0.1, 0.15) is 5.82 Å². The summed E-state index contributed by atoms with van der Waals surface area (Å²) in [4.78, 5) is 3.92. The molecule has 0 saturated carbocycles. The van der Waals surface area contributed by atoms with E-state index in [9.17, 15) is 0 Å².